The van der Waals surface area contributed by atoms with Gasteiger partial charge in [-0.05, 0) is 19.1 Å². The lowest BCUT2D eigenvalue weighted by molar-refractivity contribution is 0.313. The molecule has 0 bridgehead atoms. The van der Waals surface area contributed by atoms with Crippen LogP contribution in [0.2, 0.25) is 0 Å². The fourth-order valence-electron chi connectivity index (χ4n) is 1.53. The number of hydrogen-bond acceptors (Lipinski definition) is 4. The van der Waals surface area contributed by atoms with Crippen molar-refractivity contribution in [2.24, 2.45) is 0 Å². The summed E-state index contributed by atoms with van der Waals surface area (Å²) >= 11 is 0. The number of nitrogens with zero attached hydrogens (tertiary/aromatic N) is 2. The van der Waals surface area contributed by atoms with Gasteiger partial charge in [0.2, 0.25) is 0 Å². The summed E-state index contributed by atoms with van der Waals surface area (Å²) in [6.07, 6.45) is 5.14. The highest BCUT2D eigenvalue weighted by Gasteiger charge is 1.94. The molecule has 0 aliphatic rings. The molecule has 0 saturated heterocycles. The van der Waals surface area contributed by atoms with Crippen molar-refractivity contribution in [1.82, 2.24) is 15.3 Å². The van der Waals surface area contributed by atoms with Crippen molar-refractivity contribution in [3.8, 4) is 5.75 Å². The molecule has 1 heterocycles. The fourth-order valence-corrected chi connectivity index (χ4v) is 1.53. The molecule has 0 fully saturated rings. The topological polar surface area (TPSA) is 47.0 Å². The van der Waals surface area contributed by atoms with Crippen LogP contribution in [0.3, 0.4) is 0 Å². The summed E-state index contributed by atoms with van der Waals surface area (Å²) in [5, 5.41) is 3.28. The van der Waals surface area contributed by atoms with Crippen molar-refractivity contribution in [1.29, 1.82) is 0 Å². The van der Waals surface area contributed by atoms with Crippen molar-refractivity contribution < 1.29 is 4.74 Å². The molecule has 0 amide bonds. The zero-order valence-electron chi connectivity index (χ0n) is 10.5. The first-order valence-electron chi connectivity index (χ1n) is 5.98. The SMILES string of the molecule is Cc1ccc(OCCNCc2cncnc2)cc1. The Balaban J connectivity index is 1.63. The summed E-state index contributed by atoms with van der Waals surface area (Å²) in [5.41, 5.74) is 2.32. The third kappa shape index (κ3) is 4.14. The molecule has 0 radical (unpaired) electrons. The van der Waals surface area contributed by atoms with Gasteiger partial charge in [0.15, 0.2) is 0 Å². The van der Waals surface area contributed by atoms with Crippen LogP contribution in [0, 0.1) is 6.92 Å². The molecule has 0 aliphatic carbocycles. The Morgan fingerprint density at radius 3 is 2.56 bits per heavy atom. The number of rotatable bonds is 6. The molecular formula is C14H17N3O. The van der Waals surface area contributed by atoms with Crippen molar-refractivity contribution >= 4 is 0 Å². The van der Waals surface area contributed by atoms with Gasteiger partial charge in [-0.3, -0.25) is 0 Å². The molecule has 94 valence electrons. The standard InChI is InChI=1S/C14H17N3O/c1-12-2-4-14(5-3-12)18-7-6-15-8-13-9-16-11-17-10-13/h2-5,9-11,15H,6-8H2,1H3. The maximum absolute atomic E-state index is 5.61. The number of aromatic nitrogens is 2. The van der Waals surface area contributed by atoms with Gasteiger partial charge in [-0.1, -0.05) is 17.7 Å². The van der Waals surface area contributed by atoms with E-state index in [9.17, 15) is 0 Å². The number of hydrogen-bond donors (Lipinski definition) is 1. The van der Waals surface area contributed by atoms with Gasteiger partial charge in [0.25, 0.3) is 0 Å². The molecular weight excluding hydrogens is 226 g/mol. The summed E-state index contributed by atoms with van der Waals surface area (Å²) in [5.74, 6) is 0.908. The number of aryl methyl sites for hydroxylation is 1. The number of ether oxygens (including phenoxy) is 1. The van der Waals surface area contributed by atoms with E-state index in [0.29, 0.717) is 6.61 Å². The van der Waals surface area contributed by atoms with E-state index >= 15 is 0 Å². The van der Waals surface area contributed by atoms with Gasteiger partial charge in [0.05, 0.1) is 0 Å². The van der Waals surface area contributed by atoms with Gasteiger partial charge in [-0.15, -0.1) is 0 Å². The number of nitrogens with one attached hydrogen (secondary N) is 1. The Morgan fingerprint density at radius 2 is 1.83 bits per heavy atom. The maximum Gasteiger partial charge on any atom is 0.119 e. The van der Waals surface area contributed by atoms with Crippen molar-refractivity contribution in [3.05, 3.63) is 54.1 Å². The molecule has 0 atom stereocenters. The second-order valence-electron chi connectivity index (χ2n) is 4.09. The molecule has 4 nitrogen and oxygen atoms in total. The van der Waals surface area contributed by atoms with Crippen molar-refractivity contribution in [2.45, 2.75) is 13.5 Å². The molecule has 4 heteroatoms. The molecule has 0 saturated carbocycles. The van der Waals surface area contributed by atoms with Crippen molar-refractivity contribution in [3.63, 3.8) is 0 Å². The molecule has 0 aliphatic heterocycles. The van der Waals surface area contributed by atoms with E-state index in [1.807, 2.05) is 24.3 Å². The first-order valence-corrected chi connectivity index (χ1v) is 5.98. The van der Waals surface area contributed by atoms with E-state index in [0.717, 1.165) is 24.4 Å². The largest absolute Gasteiger partial charge is 0.492 e. The minimum atomic E-state index is 0.650. The second-order valence-corrected chi connectivity index (χ2v) is 4.09. The normalized spacial score (nSPS) is 10.3. The van der Waals surface area contributed by atoms with Crippen LogP contribution in [0.25, 0.3) is 0 Å². The van der Waals surface area contributed by atoms with E-state index in [1.54, 1.807) is 12.4 Å². The smallest absolute Gasteiger partial charge is 0.119 e. The van der Waals surface area contributed by atoms with Gasteiger partial charge in [-0.2, -0.15) is 0 Å². The summed E-state index contributed by atoms with van der Waals surface area (Å²) in [6.45, 7) is 4.27. The van der Waals surface area contributed by atoms with Crippen LogP contribution in [0.1, 0.15) is 11.1 Å². The van der Waals surface area contributed by atoms with Crippen LogP contribution in [0.15, 0.2) is 43.0 Å². The Hall–Kier alpha value is -1.94. The molecule has 0 unspecified atom stereocenters. The average Bonchev–Trinajstić information content (AvgIpc) is 2.42. The predicted molar refractivity (Wildman–Crippen MR) is 70.4 cm³/mol. The quantitative estimate of drug-likeness (QED) is 0.788. The molecule has 2 aromatic rings. The molecule has 1 aromatic heterocycles. The fraction of sp³-hybridized carbons (Fsp3) is 0.286. The van der Waals surface area contributed by atoms with E-state index in [4.69, 9.17) is 4.74 Å². The highest BCUT2D eigenvalue weighted by Crippen LogP contribution is 2.10. The Bertz CT molecular complexity index is 456. The monoisotopic (exact) mass is 243 g/mol. The van der Waals surface area contributed by atoms with Gasteiger partial charge in [0.1, 0.15) is 18.7 Å². The Morgan fingerprint density at radius 1 is 1.11 bits per heavy atom. The third-order valence-electron chi connectivity index (χ3n) is 2.51. The van der Waals surface area contributed by atoms with Gasteiger partial charge < -0.3 is 10.1 Å². The lowest BCUT2D eigenvalue weighted by Gasteiger charge is -2.07. The average molecular weight is 243 g/mol. The highest BCUT2D eigenvalue weighted by atomic mass is 16.5. The summed E-state index contributed by atoms with van der Waals surface area (Å²) < 4.78 is 5.61. The molecule has 2 rings (SSSR count). The van der Waals surface area contributed by atoms with Crippen LogP contribution < -0.4 is 10.1 Å². The van der Waals surface area contributed by atoms with Gasteiger partial charge >= 0.3 is 0 Å². The maximum atomic E-state index is 5.61. The molecule has 18 heavy (non-hydrogen) atoms. The zero-order chi connectivity index (χ0) is 12.6. The first-order chi connectivity index (χ1) is 8.84. The lowest BCUT2D eigenvalue weighted by atomic mass is 10.2. The summed E-state index contributed by atoms with van der Waals surface area (Å²) in [7, 11) is 0. The Kier molecular flexibility index (Phi) is 4.67. The number of benzene rings is 1. The summed E-state index contributed by atoms with van der Waals surface area (Å²) in [6, 6.07) is 8.06. The first kappa shape index (κ1) is 12.5. The predicted octanol–water partition coefficient (Wildman–Crippen LogP) is 1.95. The highest BCUT2D eigenvalue weighted by molar-refractivity contribution is 5.26. The van der Waals surface area contributed by atoms with Crippen LogP contribution in [0.5, 0.6) is 5.75 Å². The van der Waals surface area contributed by atoms with Crippen LogP contribution in [0.4, 0.5) is 0 Å². The third-order valence-corrected chi connectivity index (χ3v) is 2.51. The van der Waals surface area contributed by atoms with Crippen LogP contribution in [-0.2, 0) is 6.54 Å². The van der Waals surface area contributed by atoms with E-state index in [-0.39, 0.29) is 0 Å². The minimum absolute atomic E-state index is 0.650. The summed E-state index contributed by atoms with van der Waals surface area (Å²) in [4.78, 5) is 7.91. The lowest BCUT2D eigenvalue weighted by Crippen LogP contribution is -2.20. The van der Waals surface area contributed by atoms with Crippen LogP contribution >= 0.6 is 0 Å². The second kappa shape index (κ2) is 6.71. The van der Waals surface area contributed by atoms with Gasteiger partial charge in [0, 0.05) is 31.0 Å². The Labute approximate surface area is 107 Å². The molecule has 1 aromatic carbocycles. The molecule has 0 spiro atoms. The van der Waals surface area contributed by atoms with Gasteiger partial charge in [-0.25, -0.2) is 9.97 Å². The minimum Gasteiger partial charge on any atom is -0.492 e. The molecule has 1 N–H and O–H groups in total. The van der Waals surface area contributed by atoms with Crippen LogP contribution in [-0.4, -0.2) is 23.1 Å². The van der Waals surface area contributed by atoms with E-state index in [1.165, 1.54) is 11.9 Å². The van der Waals surface area contributed by atoms with Crippen molar-refractivity contribution in [2.75, 3.05) is 13.2 Å². The van der Waals surface area contributed by atoms with E-state index in [2.05, 4.69) is 22.2 Å². The van der Waals surface area contributed by atoms with E-state index < -0.39 is 0 Å². The zero-order valence-corrected chi connectivity index (χ0v) is 10.5.